The van der Waals surface area contributed by atoms with E-state index in [1.807, 2.05) is 13.8 Å². The van der Waals surface area contributed by atoms with Crippen LogP contribution in [-0.2, 0) is 4.79 Å². The molecule has 0 saturated carbocycles. The molecule has 96 valence electrons. The Morgan fingerprint density at radius 2 is 2.28 bits per heavy atom. The van der Waals surface area contributed by atoms with Crippen LogP contribution in [0.25, 0.3) is 5.65 Å². The third-order valence-electron chi connectivity index (χ3n) is 2.55. The van der Waals surface area contributed by atoms with Gasteiger partial charge in [-0.25, -0.2) is 4.79 Å². The van der Waals surface area contributed by atoms with Crippen LogP contribution in [0, 0.1) is 5.92 Å². The molecule has 0 bridgehead atoms. The van der Waals surface area contributed by atoms with E-state index in [1.165, 1.54) is 6.33 Å². The molecule has 0 aromatic carbocycles. The van der Waals surface area contributed by atoms with Crippen LogP contribution in [0.3, 0.4) is 0 Å². The quantitative estimate of drug-likeness (QED) is 0.822. The van der Waals surface area contributed by atoms with Crippen LogP contribution in [-0.4, -0.2) is 36.7 Å². The van der Waals surface area contributed by atoms with Crippen molar-refractivity contribution in [2.75, 3.05) is 5.32 Å². The lowest BCUT2D eigenvalue weighted by atomic mass is 10.0. The first-order chi connectivity index (χ1) is 8.58. The average molecular weight is 249 g/mol. The summed E-state index contributed by atoms with van der Waals surface area (Å²) in [5.41, 5.74) is 0.577. The number of carboxylic acids is 1. The molecule has 2 heterocycles. The van der Waals surface area contributed by atoms with Crippen LogP contribution in [0.15, 0.2) is 18.7 Å². The maximum Gasteiger partial charge on any atom is 0.326 e. The summed E-state index contributed by atoms with van der Waals surface area (Å²) in [7, 11) is 0. The van der Waals surface area contributed by atoms with Gasteiger partial charge in [0.25, 0.3) is 0 Å². The van der Waals surface area contributed by atoms with E-state index < -0.39 is 12.0 Å². The van der Waals surface area contributed by atoms with E-state index in [0.29, 0.717) is 17.9 Å². The third-order valence-corrected chi connectivity index (χ3v) is 2.55. The molecule has 7 nitrogen and oxygen atoms in total. The maximum absolute atomic E-state index is 11.2. The van der Waals surface area contributed by atoms with E-state index in [-0.39, 0.29) is 5.92 Å². The summed E-state index contributed by atoms with van der Waals surface area (Å²) in [6.45, 7) is 3.96. The van der Waals surface area contributed by atoms with Crippen LogP contribution in [0.4, 0.5) is 5.82 Å². The SMILES string of the molecule is CC(C)CC(Nc1cncc2nncn12)C(=O)O. The minimum absolute atomic E-state index is 0.284. The Hall–Kier alpha value is -2.18. The fraction of sp³-hybridized carbons (Fsp3) is 0.455. The number of nitrogens with one attached hydrogen (secondary N) is 1. The molecule has 0 spiro atoms. The van der Waals surface area contributed by atoms with Crippen LogP contribution in [0.5, 0.6) is 0 Å². The number of anilines is 1. The van der Waals surface area contributed by atoms with E-state index in [4.69, 9.17) is 0 Å². The van der Waals surface area contributed by atoms with Crippen molar-refractivity contribution in [3.8, 4) is 0 Å². The molecular formula is C11H15N5O2. The smallest absolute Gasteiger partial charge is 0.326 e. The summed E-state index contributed by atoms with van der Waals surface area (Å²) in [6.07, 6.45) is 5.19. The number of fused-ring (bicyclic) bond motifs is 1. The Morgan fingerprint density at radius 1 is 1.50 bits per heavy atom. The highest BCUT2D eigenvalue weighted by molar-refractivity contribution is 5.77. The molecule has 0 fully saturated rings. The van der Waals surface area contributed by atoms with E-state index in [0.717, 1.165) is 0 Å². The van der Waals surface area contributed by atoms with Crippen LogP contribution in [0.2, 0.25) is 0 Å². The summed E-state index contributed by atoms with van der Waals surface area (Å²) in [4.78, 5) is 15.2. The van der Waals surface area contributed by atoms with Crippen molar-refractivity contribution < 1.29 is 9.90 Å². The van der Waals surface area contributed by atoms with E-state index in [9.17, 15) is 9.90 Å². The van der Waals surface area contributed by atoms with Gasteiger partial charge in [0, 0.05) is 0 Å². The zero-order valence-electron chi connectivity index (χ0n) is 10.2. The number of carboxylic acid groups (broad SMARTS) is 1. The predicted octanol–water partition coefficient (Wildman–Crippen LogP) is 1.04. The Bertz CT molecular complexity index is 551. The number of nitrogens with zero attached hydrogens (tertiary/aromatic N) is 4. The molecular weight excluding hydrogens is 234 g/mol. The summed E-state index contributed by atoms with van der Waals surface area (Å²) in [5, 5.41) is 19.8. The minimum Gasteiger partial charge on any atom is -0.480 e. The zero-order valence-corrected chi connectivity index (χ0v) is 10.2. The highest BCUT2D eigenvalue weighted by Gasteiger charge is 2.19. The van der Waals surface area contributed by atoms with E-state index in [1.54, 1.807) is 16.8 Å². The molecule has 1 atom stereocenters. The second-order valence-electron chi connectivity index (χ2n) is 4.52. The normalized spacial score (nSPS) is 12.8. The van der Waals surface area contributed by atoms with Crippen molar-refractivity contribution in [1.82, 2.24) is 19.6 Å². The lowest BCUT2D eigenvalue weighted by molar-refractivity contribution is -0.138. The zero-order chi connectivity index (χ0) is 13.1. The first kappa shape index (κ1) is 12.3. The van der Waals surface area contributed by atoms with Crippen molar-refractivity contribution in [3.63, 3.8) is 0 Å². The molecule has 0 aliphatic carbocycles. The molecule has 7 heteroatoms. The van der Waals surface area contributed by atoms with Gasteiger partial charge >= 0.3 is 5.97 Å². The lowest BCUT2D eigenvalue weighted by Crippen LogP contribution is -2.31. The minimum atomic E-state index is -0.881. The lowest BCUT2D eigenvalue weighted by Gasteiger charge is -2.17. The monoisotopic (exact) mass is 249 g/mol. The van der Waals surface area contributed by atoms with Crippen LogP contribution < -0.4 is 5.32 Å². The number of hydrogen-bond donors (Lipinski definition) is 2. The van der Waals surface area contributed by atoms with Gasteiger partial charge in [-0.15, -0.1) is 10.2 Å². The molecule has 0 radical (unpaired) electrons. The van der Waals surface area contributed by atoms with Crippen LogP contribution >= 0.6 is 0 Å². The molecule has 0 saturated heterocycles. The highest BCUT2D eigenvalue weighted by Crippen LogP contribution is 2.13. The Labute approximate surface area is 104 Å². The summed E-state index contributed by atoms with van der Waals surface area (Å²) < 4.78 is 1.67. The fourth-order valence-electron chi connectivity index (χ4n) is 1.73. The first-order valence-corrected chi connectivity index (χ1v) is 5.71. The predicted molar refractivity (Wildman–Crippen MR) is 65.3 cm³/mol. The van der Waals surface area contributed by atoms with Crippen molar-refractivity contribution in [3.05, 3.63) is 18.7 Å². The van der Waals surface area contributed by atoms with Crippen molar-refractivity contribution in [2.24, 2.45) is 5.92 Å². The van der Waals surface area contributed by atoms with Gasteiger partial charge in [0.15, 0.2) is 5.65 Å². The molecule has 18 heavy (non-hydrogen) atoms. The fourth-order valence-corrected chi connectivity index (χ4v) is 1.73. The van der Waals surface area contributed by atoms with Gasteiger partial charge in [-0.3, -0.25) is 9.38 Å². The number of aliphatic carboxylic acids is 1. The molecule has 2 aromatic rings. The van der Waals surface area contributed by atoms with Gasteiger partial charge in [-0.05, 0) is 12.3 Å². The van der Waals surface area contributed by atoms with Gasteiger partial charge in [0.05, 0.1) is 12.4 Å². The summed E-state index contributed by atoms with van der Waals surface area (Å²) >= 11 is 0. The van der Waals surface area contributed by atoms with Crippen LogP contribution in [0.1, 0.15) is 20.3 Å². The third kappa shape index (κ3) is 2.55. The molecule has 0 aliphatic rings. The average Bonchev–Trinajstić information content (AvgIpc) is 2.76. The van der Waals surface area contributed by atoms with Gasteiger partial charge in [-0.1, -0.05) is 13.8 Å². The molecule has 2 N–H and O–H groups in total. The van der Waals surface area contributed by atoms with Crippen molar-refractivity contribution in [2.45, 2.75) is 26.3 Å². The second-order valence-corrected chi connectivity index (χ2v) is 4.52. The summed E-state index contributed by atoms with van der Waals surface area (Å²) in [6, 6.07) is -0.653. The summed E-state index contributed by atoms with van der Waals surface area (Å²) in [5.74, 6) is -0.0222. The molecule has 2 aromatic heterocycles. The van der Waals surface area contributed by atoms with Gasteiger partial charge < -0.3 is 10.4 Å². The number of rotatable bonds is 5. The molecule has 0 aliphatic heterocycles. The van der Waals surface area contributed by atoms with Crippen molar-refractivity contribution >= 4 is 17.4 Å². The highest BCUT2D eigenvalue weighted by atomic mass is 16.4. The molecule has 0 amide bonds. The topological polar surface area (TPSA) is 92.4 Å². The Morgan fingerprint density at radius 3 is 2.94 bits per heavy atom. The molecule has 1 unspecified atom stereocenters. The van der Waals surface area contributed by atoms with E-state index >= 15 is 0 Å². The second kappa shape index (κ2) is 4.99. The van der Waals surface area contributed by atoms with Gasteiger partial charge in [0.1, 0.15) is 18.2 Å². The van der Waals surface area contributed by atoms with Crippen molar-refractivity contribution in [1.29, 1.82) is 0 Å². The molecule has 2 rings (SSSR count). The largest absolute Gasteiger partial charge is 0.480 e. The van der Waals surface area contributed by atoms with Gasteiger partial charge in [0.2, 0.25) is 0 Å². The number of aromatic nitrogens is 4. The number of hydrogen-bond acceptors (Lipinski definition) is 5. The van der Waals surface area contributed by atoms with Gasteiger partial charge in [-0.2, -0.15) is 0 Å². The number of carbonyl (C=O) groups is 1. The first-order valence-electron chi connectivity index (χ1n) is 5.71. The van der Waals surface area contributed by atoms with E-state index in [2.05, 4.69) is 20.5 Å². The Kier molecular flexibility index (Phi) is 3.40. The standard InChI is InChI=1S/C11H15N5O2/c1-7(2)3-8(11(17)18)14-9-4-12-5-10-15-13-6-16(9)10/h4-8,14H,3H2,1-2H3,(H,17,18). The Balaban J connectivity index is 2.25. The maximum atomic E-state index is 11.2.